The summed E-state index contributed by atoms with van der Waals surface area (Å²) < 4.78 is 11.1. The molecule has 0 spiro atoms. The first-order valence-corrected chi connectivity index (χ1v) is 7.01. The number of nitrogens with zero attached hydrogens (tertiary/aromatic N) is 2. The molecule has 0 bridgehead atoms. The molecule has 5 nitrogen and oxygen atoms in total. The molecule has 5 heteroatoms. The van der Waals surface area contributed by atoms with Gasteiger partial charge in [0.05, 0.1) is 5.92 Å². The fourth-order valence-electron chi connectivity index (χ4n) is 2.36. The topological polar surface area (TPSA) is 60.2 Å². The summed E-state index contributed by atoms with van der Waals surface area (Å²) in [5.74, 6) is 1.83. The summed E-state index contributed by atoms with van der Waals surface area (Å²) in [7, 11) is 0. The maximum atomic E-state index is 5.67. The van der Waals surface area contributed by atoms with E-state index in [9.17, 15) is 0 Å². The highest BCUT2D eigenvalue weighted by molar-refractivity contribution is 4.98. The molecule has 1 aliphatic heterocycles. The third kappa shape index (κ3) is 3.29. The summed E-state index contributed by atoms with van der Waals surface area (Å²) in [5.41, 5.74) is 0. The monoisotopic (exact) mass is 253 g/mol. The van der Waals surface area contributed by atoms with Gasteiger partial charge < -0.3 is 14.6 Å². The molecule has 2 rings (SSSR count). The third-order valence-corrected chi connectivity index (χ3v) is 3.31. The van der Waals surface area contributed by atoms with E-state index >= 15 is 0 Å². The van der Waals surface area contributed by atoms with Crippen LogP contribution in [0.2, 0.25) is 0 Å². The lowest BCUT2D eigenvalue weighted by Gasteiger charge is -2.18. The van der Waals surface area contributed by atoms with Crippen LogP contribution >= 0.6 is 0 Å². The van der Waals surface area contributed by atoms with Gasteiger partial charge in [0.15, 0.2) is 0 Å². The molecule has 1 fully saturated rings. The minimum Gasteiger partial charge on any atom is -0.370 e. The second kappa shape index (κ2) is 6.85. The minimum atomic E-state index is -0.0194. The van der Waals surface area contributed by atoms with Gasteiger partial charge in [-0.3, -0.25) is 0 Å². The van der Waals surface area contributed by atoms with Crippen molar-refractivity contribution in [2.24, 2.45) is 0 Å². The summed E-state index contributed by atoms with van der Waals surface area (Å²) in [5, 5.41) is 7.45. The molecule has 0 radical (unpaired) electrons. The lowest BCUT2D eigenvalue weighted by molar-refractivity contribution is 0.0477. The van der Waals surface area contributed by atoms with Crippen molar-refractivity contribution < 1.29 is 9.26 Å². The van der Waals surface area contributed by atoms with Gasteiger partial charge in [0.1, 0.15) is 6.10 Å². The Morgan fingerprint density at radius 3 is 3.06 bits per heavy atom. The van der Waals surface area contributed by atoms with Crippen LogP contribution in [0.1, 0.15) is 63.3 Å². The van der Waals surface area contributed by atoms with E-state index < -0.39 is 0 Å². The second-order valence-electron chi connectivity index (χ2n) is 4.77. The van der Waals surface area contributed by atoms with Crippen LogP contribution in [-0.4, -0.2) is 29.8 Å². The number of ether oxygens (including phenoxy) is 1. The molecule has 2 atom stereocenters. The highest BCUT2D eigenvalue weighted by Crippen LogP contribution is 2.25. The molecule has 1 aromatic heterocycles. The van der Waals surface area contributed by atoms with Gasteiger partial charge in [0.2, 0.25) is 11.7 Å². The van der Waals surface area contributed by atoms with E-state index in [4.69, 9.17) is 9.26 Å². The first kappa shape index (κ1) is 13.5. The zero-order chi connectivity index (χ0) is 12.8. The molecule has 0 aromatic carbocycles. The fraction of sp³-hybridized carbons (Fsp3) is 0.846. The van der Waals surface area contributed by atoms with Crippen molar-refractivity contribution >= 4 is 0 Å². The molecule has 1 N–H and O–H groups in total. The van der Waals surface area contributed by atoms with Crippen LogP contribution < -0.4 is 5.32 Å². The van der Waals surface area contributed by atoms with Crippen LogP contribution in [0, 0.1) is 0 Å². The summed E-state index contributed by atoms with van der Waals surface area (Å²) in [6.45, 7) is 6.84. The lowest BCUT2D eigenvalue weighted by Crippen LogP contribution is -2.28. The fourth-order valence-corrected chi connectivity index (χ4v) is 2.36. The molecule has 0 amide bonds. The van der Waals surface area contributed by atoms with Crippen LogP contribution in [0.4, 0.5) is 0 Å². The number of aromatic nitrogens is 2. The summed E-state index contributed by atoms with van der Waals surface area (Å²) >= 11 is 0. The molecular formula is C13H23N3O2. The largest absolute Gasteiger partial charge is 0.370 e. The van der Waals surface area contributed by atoms with E-state index in [0.717, 1.165) is 38.2 Å². The second-order valence-corrected chi connectivity index (χ2v) is 4.77. The maximum Gasteiger partial charge on any atom is 0.231 e. The number of hydrogen-bond donors (Lipinski definition) is 1. The number of hydrogen-bond acceptors (Lipinski definition) is 5. The minimum absolute atomic E-state index is 0.0194. The average molecular weight is 253 g/mol. The Balaban J connectivity index is 2.02. The maximum absolute atomic E-state index is 5.67. The Hall–Kier alpha value is -0.940. The highest BCUT2D eigenvalue weighted by atomic mass is 16.5. The molecule has 18 heavy (non-hydrogen) atoms. The third-order valence-electron chi connectivity index (χ3n) is 3.31. The van der Waals surface area contributed by atoms with Crippen molar-refractivity contribution in [2.75, 3.05) is 19.7 Å². The van der Waals surface area contributed by atoms with Crippen LogP contribution in [0.25, 0.3) is 0 Å². The predicted octanol–water partition coefficient (Wildman–Crippen LogP) is 2.41. The molecule has 1 aliphatic rings. The van der Waals surface area contributed by atoms with Crippen molar-refractivity contribution in [3.63, 3.8) is 0 Å². The molecule has 2 heterocycles. The van der Waals surface area contributed by atoms with Gasteiger partial charge in [-0.05, 0) is 32.7 Å². The van der Waals surface area contributed by atoms with Crippen molar-refractivity contribution in [1.29, 1.82) is 0 Å². The normalized spacial score (nSPS) is 22.0. The van der Waals surface area contributed by atoms with Gasteiger partial charge in [-0.2, -0.15) is 4.98 Å². The Bertz CT molecular complexity index is 342. The summed E-state index contributed by atoms with van der Waals surface area (Å²) in [6.07, 6.45) is 4.28. The van der Waals surface area contributed by atoms with Crippen LogP contribution in [-0.2, 0) is 4.74 Å². The van der Waals surface area contributed by atoms with Crippen molar-refractivity contribution in [3.8, 4) is 0 Å². The molecule has 102 valence electrons. The first-order chi connectivity index (χ1) is 8.85. The Kier molecular flexibility index (Phi) is 5.13. The number of nitrogens with one attached hydrogen (secondary N) is 1. The standard InChI is InChI=1S/C13H23N3O2/c1-3-6-11(17-4-2)12-15-13(18-16-12)10-7-5-8-14-9-10/h10-11,14H,3-9H2,1-2H3. The van der Waals surface area contributed by atoms with Crippen LogP contribution in [0.5, 0.6) is 0 Å². The van der Waals surface area contributed by atoms with Gasteiger partial charge in [-0.1, -0.05) is 18.5 Å². The summed E-state index contributed by atoms with van der Waals surface area (Å²) in [4.78, 5) is 4.53. The summed E-state index contributed by atoms with van der Waals surface area (Å²) in [6, 6.07) is 0. The molecule has 2 unspecified atom stereocenters. The Morgan fingerprint density at radius 1 is 1.50 bits per heavy atom. The molecule has 0 aliphatic carbocycles. The van der Waals surface area contributed by atoms with Gasteiger partial charge in [0, 0.05) is 13.2 Å². The molecule has 1 aromatic rings. The van der Waals surface area contributed by atoms with Crippen LogP contribution in [0.15, 0.2) is 4.52 Å². The van der Waals surface area contributed by atoms with E-state index in [-0.39, 0.29) is 6.10 Å². The predicted molar refractivity (Wildman–Crippen MR) is 68.4 cm³/mol. The van der Waals surface area contributed by atoms with Crippen molar-refractivity contribution in [2.45, 2.75) is 51.6 Å². The first-order valence-electron chi connectivity index (χ1n) is 7.01. The molecule has 0 saturated carbocycles. The van der Waals surface area contributed by atoms with Gasteiger partial charge >= 0.3 is 0 Å². The van der Waals surface area contributed by atoms with E-state index in [0.29, 0.717) is 18.3 Å². The van der Waals surface area contributed by atoms with Crippen LogP contribution in [0.3, 0.4) is 0 Å². The zero-order valence-corrected chi connectivity index (χ0v) is 11.3. The highest BCUT2D eigenvalue weighted by Gasteiger charge is 2.24. The van der Waals surface area contributed by atoms with Gasteiger partial charge in [0.25, 0.3) is 0 Å². The molecule has 1 saturated heterocycles. The quantitative estimate of drug-likeness (QED) is 0.843. The lowest BCUT2D eigenvalue weighted by atomic mass is 10.00. The van der Waals surface area contributed by atoms with Crippen molar-refractivity contribution in [3.05, 3.63) is 11.7 Å². The number of piperidine rings is 1. The van der Waals surface area contributed by atoms with Gasteiger partial charge in [-0.15, -0.1) is 0 Å². The number of rotatable bonds is 6. The SMILES string of the molecule is CCCC(OCC)c1noc(C2CCCNC2)n1. The average Bonchev–Trinajstić information content (AvgIpc) is 2.89. The van der Waals surface area contributed by atoms with E-state index in [1.807, 2.05) is 6.92 Å². The van der Waals surface area contributed by atoms with Crippen molar-refractivity contribution in [1.82, 2.24) is 15.5 Å². The van der Waals surface area contributed by atoms with E-state index in [1.54, 1.807) is 0 Å². The smallest absolute Gasteiger partial charge is 0.231 e. The van der Waals surface area contributed by atoms with Gasteiger partial charge in [-0.25, -0.2) is 0 Å². The zero-order valence-electron chi connectivity index (χ0n) is 11.3. The molecular weight excluding hydrogens is 230 g/mol. The van der Waals surface area contributed by atoms with E-state index in [2.05, 4.69) is 22.4 Å². The Morgan fingerprint density at radius 2 is 2.39 bits per heavy atom. The Labute approximate surface area is 108 Å². The van der Waals surface area contributed by atoms with E-state index in [1.165, 1.54) is 6.42 Å².